The van der Waals surface area contributed by atoms with Crippen LogP contribution in [0.25, 0.3) is 11.0 Å². The molecule has 0 radical (unpaired) electrons. The van der Waals surface area contributed by atoms with Crippen molar-refractivity contribution in [2.75, 3.05) is 7.11 Å². The van der Waals surface area contributed by atoms with Crippen molar-refractivity contribution in [2.45, 2.75) is 51.3 Å². The van der Waals surface area contributed by atoms with Crippen LogP contribution in [0.3, 0.4) is 0 Å². The average molecular weight is 411 g/mol. The number of hydrogen-bond donors (Lipinski definition) is 2. The number of aliphatic hydroxyl groups excluding tert-OH is 1. The van der Waals surface area contributed by atoms with Gasteiger partial charge in [-0.1, -0.05) is 18.9 Å². The number of nitrogens with zero attached hydrogens (tertiary/aromatic N) is 2. The van der Waals surface area contributed by atoms with Gasteiger partial charge in [0.25, 0.3) is 5.91 Å². The maximum Gasteiger partial charge on any atom is 0.255 e. The number of fused-ring (bicyclic) bond motifs is 1. The number of hydrogen-bond acceptors (Lipinski definition) is 4. The van der Waals surface area contributed by atoms with Crippen LogP contribution in [0.15, 0.2) is 36.7 Å². The Labute approximate surface area is 174 Å². The lowest BCUT2D eigenvalue weighted by atomic mass is 9.92. The van der Waals surface area contributed by atoms with Gasteiger partial charge in [-0.05, 0) is 49.1 Å². The number of aromatic nitrogens is 2. The van der Waals surface area contributed by atoms with Gasteiger partial charge in [0.2, 0.25) is 0 Å². The number of rotatable bonds is 5. The maximum atomic E-state index is 14.1. The summed E-state index contributed by atoms with van der Waals surface area (Å²) in [6.07, 6.45) is 6.36. The van der Waals surface area contributed by atoms with E-state index in [0.29, 0.717) is 24.0 Å². The summed E-state index contributed by atoms with van der Waals surface area (Å²) in [5.41, 5.74) is 3.63. The Bertz CT molecular complexity index is 1080. The molecule has 4 rings (SSSR count). The number of aliphatic hydroxyl groups is 1. The van der Waals surface area contributed by atoms with Crippen LogP contribution in [-0.4, -0.2) is 39.8 Å². The average Bonchev–Trinajstić information content (AvgIpc) is 3.10. The van der Waals surface area contributed by atoms with E-state index in [2.05, 4.69) is 10.3 Å². The summed E-state index contributed by atoms with van der Waals surface area (Å²) in [6.45, 7) is 2.35. The monoisotopic (exact) mass is 411 g/mol. The van der Waals surface area contributed by atoms with Crippen LogP contribution < -0.4 is 10.1 Å². The van der Waals surface area contributed by atoms with E-state index in [9.17, 15) is 14.3 Å². The first-order valence-corrected chi connectivity index (χ1v) is 10.2. The highest BCUT2D eigenvalue weighted by Gasteiger charge is 2.26. The zero-order valence-corrected chi connectivity index (χ0v) is 17.2. The van der Waals surface area contributed by atoms with Gasteiger partial charge in [-0.3, -0.25) is 9.78 Å². The molecule has 1 aliphatic carbocycles. The number of pyridine rings is 1. The van der Waals surface area contributed by atoms with E-state index in [1.54, 1.807) is 24.5 Å². The van der Waals surface area contributed by atoms with Gasteiger partial charge in [0.1, 0.15) is 5.52 Å². The normalized spacial score (nSPS) is 19.1. The Morgan fingerprint density at radius 3 is 2.87 bits per heavy atom. The SMILES string of the molecule is COc1ccc(Cn2cc(C(=O)N[C@@H]3CCCCC3O)c3nccc(C)c32)cc1F. The van der Waals surface area contributed by atoms with E-state index in [1.165, 1.54) is 13.2 Å². The van der Waals surface area contributed by atoms with Gasteiger partial charge in [-0.25, -0.2) is 4.39 Å². The molecule has 2 heterocycles. The molecule has 1 saturated carbocycles. The van der Waals surface area contributed by atoms with Crippen LogP contribution in [0, 0.1) is 12.7 Å². The molecule has 2 atom stereocenters. The van der Waals surface area contributed by atoms with Crippen LogP contribution in [0.2, 0.25) is 0 Å². The standard InChI is InChI=1S/C23H26FN3O3/c1-14-9-10-25-21-16(23(29)26-18-5-3-4-6-19(18)28)13-27(22(14)21)12-15-7-8-20(30-2)17(24)11-15/h7-11,13,18-19,28H,3-6,12H2,1-2H3,(H,26,29)/t18-,19?/m1/s1. The van der Waals surface area contributed by atoms with Crippen LogP contribution in [-0.2, 0) is 6.54 Å². The molecular weight excluding hydrogens is 385 g/mol. The molecule has 0 spiro atoms. The molecule has 158 valence electrons. The lowest BCUT2D eigenvalue weighted by Gasteiger charge is -2.28. The Morgan fingerprint density at radius 1 is 1.33 bits per heavy atom. The van der Waals surface area contributed by atoms with Gasteiger partial charge in [0.15, 0.2) is 11.6 Å². The zero-order valence-electron chi connectivity index (χ0n) is 17.2. The highest BCUT2D eigenvalue weighted by molar-refractivity contribution is 6.06. The number of carbonyl (C=O) groups is 1. The summed E-state index contributed by atoms with van der Waals surface area (Å²) in [5.74, 6) is -0.477. The van der Waals surface area contributed by atoms with E-state index in [0.717, 1.165) is 35.9 Å². The van der Waals surface area contributed by atoms with Crippen molar-refractivity contribution < 1.29 is 19.0 Å². The van der Waals surface area contributed by atoms with Crippen molar-refractivity contribution in [1.82, 2.24) is 14.9 Å². The quantitative estimate of drug-likeness (QED) is 0.673. The summed E-state index contributed by atoms with van der Waals surface area (Å²) < 4.78 is 21.1. The largest absolute Gasteiger partial charge is 0.494 e. The second kappa shape index (κ2) is 8.44. The van der Waals surface area contributed by atoms with E-state index in [1.807, 2.05) is 17.6 Å². The van der Waals surface area contributed by atoms with Crippen LogP contribution >= 0.6 is 0 Å². The molecule has 6 nitrogen and oxygen atoms in total. The third-order valence-electron chi connectivity index (χ3n) is 5.81. The fraction of sp³-hybridized carbons (Fsp3) is 0.391. The predicted octanol–water partition coefficient (Wildman–Crippen LogP) is 3.57. The van der Waals surface area contributed by atoms with Crippen molar-refractivity contribution >= 4 is 16.9 Å². The van der Waals surface area contributed by atoms with Crippen LogP contribution in [0.5, 0.6) is 5.75 Å². The van der Waals surface area contributed by atoms with Crippen LogP contribution in [0.1, 0.15) is 47.2 Å². The lowest BCUT2D eigenvalue weighted by molar-refractivity contribution is 0.0718. The molecule has 2 N–H and O–H groups in total. The molecule has 0 bridgehead atoms. The fourth-order valence-corrected chi connectivity index (χ4v) is 4.21. The summed E-state index contributed by atoms with van der Waals surface area (Å²) in [6, 6.07) is 6.48. The van der Waals surface area contributed by atoms with Gasteiger partial charge < -0.3 is 19.7 Å². The predicted molar refractivity (Wildman–Crippen MR) is 112 cm³/mol. The van der Waals surface area contributed by atoms with E-state index in [4.69, 9.17) is 4.74 Å². The molecule has 7 heteroatoms. The Kier molecular flexibility index (Phi) is 5.72. The highest BCUT2D eigenvalue weighted by Crippen LogP contribution is 2.26. The molecule has 1 unspecified atom stereocenters. The molecule has 0 saturated heterocycles. The molecular formula is C23H26FN3O3. The molecule has 30 heavy (non-hydrogen) atoms. The van der Waals surface area contributed by atoms with Crippen molar-refractivity contribution in [1.29, 1.82) is 0 Å². The minimum absolute atomic E-state index is 0.195. The molecule has 1 aliphatic rings. The second-order valence-corrected chi connectivity index (χ2v) is 7.90. The summed E-state index contributed by atoms with van der Waals surface area (Å²) in [4.78, 5) is 17.5. The number of nitrogens with one attached hydrogen (secondary N) is 1. The summed E-state index contributed by atoms with van der Waals surface area (Å²) in [7, 11) is 1.43. The molecule has 1 aromatic carbocycles. The highest BCUT2D eigenvalue weighted by atomic mass is 19.1. The van der Waals surface area contributed by atoms with Crippen molar-refractivity contribution in [3.63, 3.8) is 0 Å². The van der Waals surface area contributed by atoms with Gasteiger partial charge >= 0.3 is 0 Å². The van der Waals surface area contributed by atoms with Gasteiger partial charge in [0.05, 0.1) is 30.3 Å². The first-order valence-electron chi connectivity index (χ1n) is 10.2. The van der Waals surface area contributed by atoms with E-state index >= 15 is 0 Å². The molecule has 1 fully saturated rings. The molecule has 2 aromatic heterocycles. The zero-order chi connectivity index (χ0) is 21.3. The van der Waals surface area contributed by atoms with Crippen molar-refractivity contribution in [3.05, 3.63) is 59.2 Å². The Hall–Kier alpha value is -2.93. The van der Waals surface area contributed by atoms with Crippen LogP contribution in [0.4, 0.5) is 4.39 Å². The van der Waals surface area contributed by atoms with Crippen molar-refractivity contribution in [3.8, 4) is 5.75 Å². The number of carbonyl (C=O) groups excluding carboxylic acids is 1. The van der Waals surface area contributed by atoms with Gasteiger partial charge in [-0.15, -0.1) is 0 Å². The molecule has 1 amide bonds. The number of amides is 1. The molecule has 3 aromatic rings. The Morgan fingerprint density at radius 2 is 2.13 bits per heavy atom. The third kappa shape index (κ3) is 3.89. The fourth-order valence-electron chi connectivity index (χ4n) is 4.21. The number of ether oxygens (including phenoxy) is 1. The number of methoxy groups -OCH3 is 1. The smallest absolute Gasteiger partial charge is 0.255 e. The van der Waals surface area contributed by atoms with E-state index in [-0.39, 0.29) is 17.7 Å². The summed E-state index contributed by atoms with van der Waals surface area (Å²) >= 11 is 0. The first kappa shape index (κ1) is 20.3. The van der Waals surface area contributed by atoms with Crippen molar-refractivity contribution in [2.24, 2.45) is 0 Å². The van der Waals surface area contributed by atoms with Gasteiger partial charge in [0, 0.05) is 18.9 Å². The second-order valence-electron chi connectivity index (χ2n) is 7.90. The minimum atomic E-state index is -0.520. The lowest BCUT2D eigenvalue weighted by Crippen LogP contribution is -2.45. The summed E-state index contributed by atoms with van der Waals surface area (Å²) in [5, 5.41) is 13.2. The Balaban J connectivity index is 1.67. The number of halogens is 1. The first-order chi connectivity index (χ1) is 14.5. The minimum Gasteiger partial charge on any atom is -0.494 e. The molecule has 0 aliphatic heterocycles. The third-order valence-corrected chi connectivity index (χ3v) is 5.81. The number of aryl methyl sites for hydroxylation is 1. The maximum absolute atomic E-state index is 14.1. The number of benzene rings is 1. The van der Waals surface area contributed by atoms with E-state index < -0.39 is 11.9 Å². The topological polar surface area (TPSA) is 76.4 Å². The van der Waals surface area contributed by atoms with Gasteiger partial charge in [-0.2, -0.15) is 0 Å².